The molecule has 0 radical (unpaired) electrons. The van der Waals surface area contributed by atoms with Gasteiger partial charge >= 0.3 is 6.03 Å². The van der Waals surface area contributed by atoms with Crippen LogP contribution in [0, 0.1) is 5.82 Å². The summed E-state index contributed by atoms with van der Waals surface area (Å²) >= 11 is 0. The number of carbonyl (C=O) groups is 1. The smallest absolute Gasteiger partial charge is 0.314 e. The Hall–Kier alpha value is -1.75. The number of hydrogen-bond donors (Lipinski definition) is 1. The van der Waals surface area contributed by atoms with Crippen molar-refractivity contribution in [3.8, 4) is 0 Å². The summed E-state index contributed by atoms with van der Waals surface area (Å²) in [4.78, 5) is 17.6. The fourth-order valence-electron chi connectivity index (χ4n) is 3.02. The van der Waals surface area contributed by atoms with Gasteiger partial charge in [-0.25, -0.2) is 14.2 Å². The van der Waals surface area contributed by atoms with Crippen molar-refractivity contribution in [1.82, 2.24) is 5.32 Å². The molecule has 2 aliphatic rings. The van der Waals surface area contributed by atoms with E-state index in [2.05, 4.69) is 17.2 Å². The Morgan fingerprint density at radius 3 is 3.11 bits per heavy atom. The second-order valence-corrected chi connectivity index (χ2v) is 5.27. The molecule has 5 heteroatoms. The summed E-state index contributed by atoms with van der Waals surface area (Å²) in [5.74, 6) is -0.339. The minimum absolute atomic E-state index is 0.306. The first-order valence-electron chi connectivity index (χ1n) is 6.49. The first-order valence-corrected chi connectivity index (χ1v) is 6.49. The third kappa shape index (κ3) is 2.04. The summed E-state index contributed by atoms with van der Waals surface area (Å²) in [7, 11) is 0. The molecular formula is C14H16FN3O. The Morgan fingerprint density at radius 1 is 1.53 bits per heavy atom. The van der Waals surface area contributed by atoms with E-state index in [9.17, 15) is 9.18 Å². The molecule has 0 aliphatic carbocycles. The van der Waals surface area contributed by atoms with Crippen molar-refractivity contribution in [2.24, 2.45) is 4.99 Å². The summed E-state index contributed by atoms with van der Waals surface area (Å²) in [6, 6.07) is 6.14. The highest BCUT2D eigenvalue weighted by Gasteiger charge is 2.46. The third-order valence-electron chi connectivity index (χ3n) is 3.83. The molecule has 1 aromatic carbocycles. The number of piperidine rings is 1. The van der Waals surface area contributed by atoms with Crippen molar-refractivity contribution in [1.29, 1.82) is 0 Å². The number of hydrogen-bond acceptors (Lipinski definition) is 2. The molecule has 2 unspecified atom stereocenters. The van der Waals surface area contributed by atoms with Crippen molar-refractivity contribution in [3.63, 3.8) is 0 Å². The SMILES string of the molecule is CC1CC2(C=NC(=O)N2c2cccc(F)c2)CCN1. The second-order valence-electron chi connectivity index (χ2n) is 5.27. The van der Waals surface area contributed by atoms with Gasteiger partial charge in [0.2, 0.25) is 0 Å². The van der Waals surface area contributed by atoms with Gasteiger partial charge in [0.15, 0.2) is 0 Å². The molecule has 2 amide bonds. The molecule has 2 atom stereocenters. The Kier molecular flexibility index (Phi) is 2.86. The predicted octanol–water partition coefficient (Wildman–Crippen LogP) is 2.35. The minimum Gasteiger partial charge on any atom is -0.314 e. The molecule has 3 rings (SSSR count). The van der Waals surface area contributed by atoms with Crippen LogP contribution in [0.25, 0.3) is 0 Å². The largest absolute Gasteiger partial charge is 0.348 e. The molecule has 0 aromatic heterocycles. The van der Waals surface area contributed by atoms with Crippen molar-refractivity contribution in [3.05, 3.63) is 30.1 Å². The van der Waals surface area contributed by atoms with Crippen molar-refractivity contribution in [2.75, 3.05) is 11.4 Å². The molecule has 1 fully saturated rings. The maximum Gasteiger partial charge on any atom is 0.348 e. The molecule has 100 valence electrons. The van der Waals surface area contributed by atoms with Gasteiger partial charge in [-0.15, -0.1) is 0 Å². The van der Waals surface area contributed by atoms with Crippen LogP contribution >= 0.6 is 0 Å². The number of anilines is 1. The van der Waals surface area contributed by atoms with Gasteiger partial charge in [-0.3, -0.25) is 4.90 Å². The first-order chi connectivity index (χ1) is 9.11. The van der Waals surface area contributed by atoms with Crippen LogP contribution < -0.4 is 10.2 Å². The highest BCUT2D eigenvalue weighted by molar-refractivity contribution is 6.08. The lowest BCUT2D eigenvalue weighted by molar-refractivity contribution is 0.247. The van der Waals surface area contributed by atoms with Crippen LogP contribution in [0.5, 0.6) is 0 Å². The summed E-state index contributed by atoms with van der Waals surface area (Å²) in [6.07, 6.45) is 3.32. The number of amides is 2. The maximum absolute atomic E-state index is 13.4. The molecule has 1 aromatic rings. The quantitative estimate of drug-likeness (QED) is 0.843. The third-order valence-corrected chi connectivity index (χ3v) is 3.83. The number of aliphatic imine (C=N–C) groups is 1. The second kappa shape index (κ2) is 4.42. The number of carbonyl (C=O) groups excluding carboxylic acids is 1. The summed E-state index contributed by atoms with van der Waals surface area (Å²) < 4.78 is 13.4. The predicted molar refractivity (Wildman–Crippen MR) is 72.2 cm³/mol. The standard InChI is InChI=1S/C14H16FN3O/c1-10-8-14(5-6-16-10)9-17-13(19)18(14)12-4-2-3-11(15)7-12/h2-4,7,9-10,16H,5-6,8H2,1H3. The molecule has 2 heterocycles. The van der Waals surface area contributed by atoms with E-state index < -0.39 is 5.54 Å². The first kappa shape index (κ1) is 12.3. The van der Waals surface area contributed by atoms with Crippen LogP contribution in [0.2, 0.25) is 0 Å². The lowest BCUT2D eigenvalue weighted by Gasteiger charge is -2.42. The van der Waals surface area contributed by atoms with Crippen LogP contribution in [0.3, 0.4) is 0 Å². The normalized spacial score (nSPS) is 30.3. The van der Waals surface area contributed by atoms with Gasteiger partial charge in [-0.05, 0) is 44.5 Å². The Balaban J connectivity index is 2.00. The Labute approximate surface area is 111 Å². The van der Waals surface area contributed by atoms with E-state index in [-0.39, 0.29) is 11.8 Å². The maximum atomic E-state index is 13.4. The van der Waals surface area contributed by atoms with Gasteiger partial charge in [-0.1, -0.05) is 6.07 Å². The average molecular weight is 261 g/mol. The zero-order valence-electron chi connectivity index (χ0n) is 10.8. The van der Waals surface area contributed by atoms with Gasteiger partial charge < -0.3 is 5.32 Å². The Morgan fingerprint density at radius 2 is 2.37 bits per heavy atom. The molecule has 2 aliphatic heterocycles. The number of halogens is 1. The summed E-state index contributed by atoms with van der Waals surface area (Å²) in [5.41, 5.74) is 0.173. The van der Waals surface area contributed by atoms with E-state index >= 15 is 0 Å². The summed E-state index contributed by atoms with van der Waals surface area (Å²) in [6.45, 7) is 2.91. The van der Waals surface area contributed by atoms with Crippen LogP contribution in [0.15, 0.2) is 29.3 Å². The Bertz CT molecular complexity index is 545. The van der Waals surface area contributed by atoms with E-state index in [1.165, 1.54) is 12.1 Å². The molecule has 1 spiro atoms. The topological polar surface area (TPSA) is 44.7 Å². The van der Waals surface area contributed by atoms with Gasteiger partial charge in [0.25, 0.3) is 0 Å². The van der Waals surface area contributed by atoms with E-state index in [1.54, 1.807) is 23.2 Å². The number of nitrogens with zero attached hydrogens (tertiary/aromatic N) is 2. The molecular weight excluding hydrogens is 245 g/mol. The zero-order valence-corrected chi connectivity index (χ0v) is 10.8. The number of rotatable bonds is 1. The molecule has 19 heavy (non-hydrogen) atoms. The van der Waals surface area contributed by atoms with E-state index in [0.717, 1.165) is 19.4 Å². The summed E-state index contributed by atoms with van der Waals surface area (Å²) in [5, 5.41) is 3.36. The zero-order chi connectivity index (χ0) is 13.5. The fourth-order valence-corrected chi connectivity index (χ4v) is 3.02. The van der Waals surface area contributed by atoms with Gasteiger partial charge in [-0.2, -0.15) is 0 Å². The number of nitrogens with one attached hydrogen (secondary N) is 1. The molecule has 4 nitrogen and oxygen atoms in total. The highest BCUT2D eigenvalue weighted by atomic mass is 19.1. The van der Waals surface area contributed by atoms with E-state index in [4.69, 9.17) is 0 Å². The van der Waals surface area contributed by atoms with E-state index in [1.807, 2.05) is 0 Å². The van der Waals surface area contributed by atoms with E-state index in [0.29, 0.717) is 11.7 Å². The lowest BCUT2D eigenvalue weighted by Crippen LogP contribution is -2.57. The molecule has 0 saturated carbocycles. The monoisotopic (exact) mass is 261 g/mol. The van der Waals surface area contributed by atoms with Crippen LogP contribution in [-0.2, 0) is 0 Å². The van der Waals surface area contributed by atoms with Crippen LogP contribution in [-0.4, -0.2) is 30.4 Å². The van der Waals surface area contributed by atoms with Crippen LogP contribution in [0.4, 0.5) is 14.9 Å². The number of urea groups is 1. The molecule has 1 saturated heterocycles. The van der Waals surface area contributed by atoms with Gasteiger partial charge in [0, 0.05) is 17.9 Å². The molecule has 1 N–H and O–H groups in total. The van der Waals surface area contributed by atoms with Crippen LogP contribution in [0.1, 0.15) is 19.8 Å². The number of benzene rings is 1. The lowest BCUT2D eigenvalue weighted by atomic mass is 9.84. The van der Waals surface area contributed by atoms with Gasteiger partial charge in [0.1, 0.15) is 5.82 Å². The fraction of sp³-hybridized carbons (Fsp3) is 0.429. The van der Waals surface area contributed by atoms with Crippen molar-refractivity contribution < 1.29 is 9.18 Å². The van der Waals surface area contributed by atoms with Gasteiger partial charge in [0.05, 0.1) is 5.54 Å². The average Bonchev–Trinajstić information content (AvgIpc) is 2.66. The van der Waals surface area contributed by atoms with Crippen molar-refractivity contribution in [2.45, 2.75) is 31.3 Å². The minimum atomic E-state index is -0.407. The highest BCUT2D eigenvalue weighted by Crippen LogP contribution is 2.35. The molecule has 0 bridgehead atoms. The van der Waals surface area contributed by atoms with Crippen molar-refractivity contribution >= 4 is 17.9 Å².